The minimum absolute atomic E-state index is 0. The van der Waals surface area contributed by atoms with Crippen LogP contribution in [0.15, 0.2) is 34.6 Å². The summed E-state index contributed by atoms with van der Waals surface area (Å²) in [5, 5.41) is 6.64. The summed E-state index contributed by atoms with van der Waals surface area (Å²) in [5.41, 5.74) is 2.28. The van der Waals surface area contributed by atoms with Gasteiger partial charge in [-0.05, 0) is 17.7 Å². The lowest BCUT2D eigenvalue weighted by Gasteiger charge is -2.22. The molecule has 1 aromatic carbocycles. The molecule has 7 heteroatoms. The molecule has 0 bridgehead atoms. The maximum absolute atomic E-state index is 13.0. The SMILES string of the molecule is CN=C(NCCc1nc(C(C)(C)C)cs1)N(C)Cc1ccc(F)cc1.I. The minimum atomic E-state index is -0.216. The Labute approximate surface area is 177 Å². The molecule has 0 spiro atoms. The molecular formula is C19H28FIN4S. The van der Waals surface area contributed by atoms with Gasteiger partial charge in [-0.3, -0.25) is 4.99 Å². The van der Waals surface area contributed by atoms with Crippen LogP contribution in [0, 0.1) is 5.82 Å². The first-order chi connectivity index (χ1) is 11.8. The lowest BCUT2D eigenvalue weighted by molar-refractivity contribution is 0.476. The van der Waals surface area contributed by atoms with E-state index in [0.717, 1.165) is 35.2 Å². The summed E-state index contributed by atoms with van der Waals surface area (Å²) in [6, 6.07) is 6.55. The standard InChI is InChI=1S/C19H27FN4S.HI/c1-19(2,3)16-13-25-17(23-16)10-11-22-18(21-4)24(5)12-14-6-8-15(20)9-7-14;/h6-9,13H,10-12H2,1-5H3,(H,21,22);1H. The highest BCUT2D eigenvalue weighted by Crippen LogP contribution is 2.23. The van der Waals surface area contributed by atoms with Crippen molar-refractivity contribution in [3.8, 4) is 0 Å². The second-order valence-electron chi connectivity index (χ2n) is 7.08. The first-order valence-corrected chi connectivity index (χ1v) is 9.28. The first kappa shape index (κ1) is 22.8. The average molecular weight is 490 g/mol. The van der Waals surface area contributed by atoms with Crippen molar-refractivity contribution in [2.45, 2.75) is 39.2 Å². The highest BCUT2D eigenvalue weighted by atomic mass is 127. The van der Waals surface area contributed by atoms with E-state index in [-0.39, 0.29) is 35.2 Å². The van der Waals surface area contributed by atoms with Crippen LogP contribution in [0.4, 0.5) is 4.39 Å². The van der Waals surface area contributed by atoms with Gasteiger partial charge in [0.1, 0.15) is 5.82 Å². The van der Waals surface area contributed by atoms with Crippen molar-refractivity contribution in [1.82, 2.24) is 15.2 Å². The molecule has 0 aliphatic carbocycles. The van der Waals surface area contributed by atoms with Crippen LogP contribution >= 0.6 is 35.3 Å². The monoisotopic (exact) mass is 490 g/mol. The number of nitrogens with zero attached hydrogens (tertiary/aromatic N) is 3. The van der Waals surface area contributed by atoms with Crippen LogP contribution in [0.2, 0.25) is 0 Å². The van der Waals surface area contributed by atoms with E-state index in [1.54, 1.807) is 30.5 Å². The normalized spacial score (nSPS) is 11.8. The van der Waals surface area contributed by atoms with Crippen molar-refractivity contribution in [2.24, 2.45) is 4.99 Å². The van der Waals surface area contributed by atoms with Gasteiger partial charge in [0.05, 0.1) is 10.7 Å². The zero-order chi connectivity index (χ0) is 18.4. The number of halogens is 2. The van der Waals surface area contributed by atoms with E-state index in [1.807, 2.05) is 11.9 Å². The molecule has 1 N–H and O–H groups in total. The molecule has 0 saturated carbocycles. The van der Waals surface area contributed by atoms with Gasteiger partial charge in [0.25, 0.3) is 0 Å². The van der Waals surface area contributed by atoms with Crippen molar-refractivity contribution in [3.05, 3.63) is 51.7 Å². The van der Waals surface area contributed by atoms with Crippen molar-refractivity contribution in [3.63, 3.8) is 0 Å². The van der Waals surface area contributed by atoms with E-state index in [9.17, 15) is 4.39 Å². The maximum atomic E-state index is 13.0. The van der Waals surface area contributed by atoms with Crippen LogP contribution in [0.5, 0.6) is 0 Å². The predicted octanol–water partition coefficient (Wildman–Crippen LogP) is 4.45. The molecule has 4 nitrogen and oxygen atoms in total. The zero-order valence-corrected chi connectivity index (χ0v) is 19.2. The molecule has 0 fully saturated rings. The van der Waals surface area contributed by atoms with Gasteiger partial charge in [-0.1, -0.05) is 32.9 Å². The predicted molar refractivity (Wildman–Crippen MR) is 119 cm³/mol. The first-order valence-electron chi connectivity index (χ1n) is 8.40. The quantitative estimate of drug-likeness (QED) is 0.383. The van der Waals surface area contributed by atoms with Crippen LogP contribution in [0.3, 0.4) is 0 Å². The molecule has 0 unspecified atom stereocenters. The summed E-state index contributed by atoms with van der Waals surface area (Å²) in [6.45, 7) is 7.98. The second-order valence-corrected chi connectivity index (χ2v) is 8.03. The van der Waals surface area contributed by atoms with E-state index in [0.29, 0.717) is 6.54 Å². The Hall–Kier alpha value is -1.22. The smallest absolute Gasteiger partial charge is 0.193 e. The highest BCUT2D eigenvalue weighted by molar-refractivity contribution is 14.0. The molecule has 0 amide bonds. The second kappa shape index (κ2) is 10.2. The Morgan fingerprint density at radius 1 is 1.27 bits per heavy atom. The lowest BCUT2D eigenvalue weighted by atomic mass is 9.93. The third kappa shape index (κ3) is 6.83. The lowest BCUT2D eigenvalue weighted by Crippen LogP contribution is -2.39. The Balaban J connectivity index is 0.00000338. The zero-order valence-electron chi connectivity index (χ0n) is 16.0. The summed E-state index contributed by atoms with van der Waals surface area (Å²) < 4.78 is 13.0. The van der Waals surface area contributed by atoms with Crippen LogP contribution in [0.25, 0.3) is 0 Å². The van der Waals surface area contributed by atoms with Gasteiger partial charge in [-0.25, -0.2) is 9.37 Å². The summed E-state index contributed by atoms with van der Waals surface area (Å²) in [4.78, 5) is 11.1. The van der Waals surface area contributed by atoms with Crippen LogP contribution in [-0.2, 0) is 18.4 Å². The van der Waals surface area contributed by atoms with E-state index < -0.39 is 0 Å². The van der Waals surface area contributed by atoms with Crippen molar-refractivity contribution >= 4 is 41.3 Å². The summed E-state index contributed by atoms with van der Waals surface area (Å²) in [5.74, 6) is 0.601. The van der Waals surface area contributed by atoms with Crippen LogP contribution < -0.4 is 5.32 Å². The van der Waals surface area contributed by atoms with Gasteiger partial charge >= 0.3 is 0 Å². The van der Waals surface area contributed by atoms with Gasteiger partial charge in [-0.2, -0.15) is 0 Å². The van der Waals surface area contributed by atoms with Crippen molar-refractivity contribution in [2.75, 3.05) is 20.6 Å². The molecule has 0 atom stereocenters. The van der Waals surface area contributed by atoms with Crippen molar-refractivity contribution < 1.29 is 4.39 Å². The topological polar surface area (TPSA) is 40.5 Å². The average Bonchev–Trinajstić information content (AvgIpc) is 3.03. The maximum Gasteiger partial charge on any atom is 0.193 e. The highest BCUT2D eigenvalue weighted by Gasteiger charge is 2.17. The van der Waals surface area contributed by atoms with E-state index in [1.165, 1.54) is 12.1 Å². The fourth-order valence-electron chi connectivity index (χ4n) is 2.37. The number of thiazole rings is 1. The molecular weight excluding hydrogens is 462 g/mol. The van der Waals surface area contributed by atoms with Gasteiger partial charge in [0.15, 0.2) is 5.96 Å². The molecule has 0 radical (unpaired) electrons. The fourth-order valence-corrected chi connectivity index (χ4v) is 3.40. The molecule has 1 aromatic heterocycles. The Bertz CT molecular complexity index is 707. The number of aliphatic imine (C=N–C) groups is 1. The molecule has 2 rings (SSSR count). The summed E-state index contributed by atoms with van der Waals surface area (Å²) in [7, 11) is 3.74. The number of hydrogen-bond acceptors (Lipinski definition) is 3. The number of aromatic nitrogens is 1. The van der Waals surface area contributed by atoms with Gasteiger partial charge in [0.2, 0.25) is 0 Å². The number of guanidine groups is 1. The molecule has 1 heterocycles. The molecule has 2 aromatic rings. The third-order valence-electron chi connectivity index (χ3n) is 3.85. The van der Waals surface area contributed by atoms with Crippen LogP contribution in [0.1, 0.15) is 37.0 Å². The summed E-state index contributed by atoms with van der Waals surface area (Å²) in [6.07, 6.45) is 0.865. The van der Waals surface area contributed by atoms with E-state index >= 15 is 0 Å². The molecule has 144 valence electrons. The Morgan fingerprint density at radius 2 is 1.92 bits per heavy atom. The number of hydrogen-bond donors (Lipinski definition) is 1. The van der Waals surface area contributed by atoms with E-state index in [4.69, 9.17) is 4.98 Å². The minimum Gasteiger partial charge on any atom is -0.356 e. The molecule has 0 aliphatic rings. The molecule has 0 aliphatic heterocycles. The van der Waals surface area contributed by atoms with Gasteiger partial charge in [0, 0.05) is 44.4 Å². The number of benzene rings is 1. The van der Waals surface area contributed by atoms with Gasteiger partial charge < -0.3 is 10.2 Å². The Morgan fingerprint density at radius 3 is 2.46 bits per heavy atom. The number of nitrogens with one attached hydrogen (secondary N) is 1. The molecule has 0 saturated heterocycles. The fraction of sp³-hybridized carbons (Fsp3) is 0.474. The number of rotatable bonds is 5. The van der Waals surface area contributed by atoms with Crippen LogP contribution in [-0.4, -0.2) is 36.5 Å². The molecule has 26 heavy (non-hydrogen) atoms. The van der Waals surface area contributed by atoms with E-state index in [2.05, 4.69) is 36.5 Å². The van der Waals surface area contributed by atoms with Crippen molar-refractivity contribution in [1.29, 1.82) is 0 Å². The summed E-state index contributed by atoms with van der Waals surface area (Å²) >= 11 is 1.71. The largest absolute Gasteiger partial charge is 0.356 e. The van der Waals surface area contributed by atoms with Gasteiger partial charge in [-0.15, -0.1) is 35.3 Å². The third-order valence-corrected chi connectivity index (χ3v) is 4.76. The Kier molecular flexibility index (Phi) is 8.95.